The van der Waals surface area contributed by atoms with Gasteiger partial charge in [0.1, 0.15) is 5.75 Å². The van der Waals surface area contributed by atoms with E-state index in [1.807, 2.05) is 0 Å². The molecule has 1 aliphatic rings. The number of carbonyl (C=O) groups is 2. The van der Waals surface area contributed by atoms with E-state index in [0.29, 0.717) is 13.1 Å². The van der Waals surface area contributed by atoms with Crippen molar-refractivity contribution in [3.8, 4) is 5.75 Å². The van der Waals surface area contributed by atoms with E-state index in [1.54, 1.807) is 11.9 Å². The van der Waals surface area contributed by atoms with Gasteiger partial charge in [-0.05, 0) is 18.9 Å². The zero-order valence-corrected chi connectivity index (χ0v) is 10.8. The Morgan fingerprint density at radius 2 is 2.32 bits per heavy atom. The molecule has 6 heteroatoms. The molecule has 2 N–H and O–H groups in total. The zero-order chi connectivity index (χ0) is 13.8. The van der Waals surface area contributed by atoms with Gasteiger partial charge in [0.2, 0.25) is 5.91 Å². The fourth-order valence-corrected chi connectivity index (χ4v) is 2.32. The Labute approximate surface area is 111 Å². The van der Waals surface area contributed by atoms with Crippen molar-refractivity contribution in [2.45, 2.75) is 12.8 Å². The fraction of sp³-hybridized carbons (Fsp3) is 0.462. The maximum absolute atomic E-state index is 12.3. The molecule has 1 aliphatic heterocycles. The zero-order valence-electron chi connectivity index (χ0n) is 10.8. The van der Waals surface area contributed by atoms with E-state index < -0.39 is 0 Å². The van der Waals surface area contributed by atoms with Gasteiger partial charge < -0.3 is 15.3 Å². The number of amides is 2. The molecular formula is C13H17N3O3. The second-order valence-electron chi connectivity index (χ2n) is 4.60. The van der Waals surface area contributed by atoms with Gasteiger partial charge in [-0.25, -0.2) is 0 Å². The topological polar surface area (TPSA) is 82.5 Å². The number of hydrogen-bond donors (Lipinski definition) is 2. The maximum atomic E-state index is 12.3. The monoisotopic (exact) mass is 263 g/mol. The van der Waals surface area contributed by atoms with Crippen LogP contribution in [0.15, 0.2) is 18.5 Å². The molecule has 0 radical (unpaired) electrons. The normalized spacial score (nSPS) is 19.0. The van der Waals surface area contributed by atoms with E-state index in [-0.39, 0.29) is 29.0 Å². The van der Waals surface area contributed by atoms with E-state index in [2.05, 4.69) is 10.3 Å². The number of nitrogens with one attached hydrogen (secondary N) is 1. The van der Waals surface area contributed by atoms with Crippen LogP contribution in [0, 0.1) is 5.92 Å². The molecule has 1 aromatic heterocycles. The average Bonchev–Trinajstić information content (AvgIpc) is 2.46. The average molecular weight is 263 g/mol. The molecular weight excluding hydrogens is 246 g/mol. The number of carbonyl (C=O) groups excluding carboxylic acids is 2. The number of aromatic hydroxyl groups is 1. The summed E-state index contributed by atoms with van der Waals surface area (Å²) in [5.74, 6) is -0.605. The predicted octanol–water partition coefficient (Wildman–Crippen LogP) is 0.385. The first-order valence-corrected chi connectivity index (χ1v) is 6.27. The molecule has 2 heterocycles. The number of piperidine rings is 1. The molecule has 1 saturated heterocycles. The highest BCUT2D eigenvalue weighted by Crippen LogP contribution is 2.22. The van der Waals surface area contributed by atoms with Crippen molar-refractivity contribution < 1.29 is 14.7 Å². The molecule has 102 valence electrons. The van der Waals surface area contributed by atoms with E-state index in [1.165, 1.54) is 18.5 Å². The molecule has 2 rings (SSSR count). The fourth-order valence-electron chi connectivity index (χ4n) is 2.32. The molecule has 0 bridgehead atoms. The summed E-state index contributed by atoms with van der Waals surface area (Å²) in [5.41, 5.74) is 0.229. The SMILES string of the molecule is CNC(=O)C1CCCN(C(=O)c2ccncc2O)C1. The summed E-state index contributed by atoms with van der Waals surface area (Å²) < 4.78 is 0. The van der Waals surface area contributed by atoms with Crippen LogP contribution in [0.3, 0.4) is 0 Å². The van der Waals surface area contributed by atoms with E-state index in [4.69, 9.17) is 0 Å². The summed E-state index contributed by atoms with van der Waals surface area (Å²) in [6.07, 6.45) is 4.28. The third kappa shape index (κ3) is 2.83. The predicted molar refractivity (Wildman–Crippen MR) is 68.6 cm³/mol. The largest absolute Gasteiger partial charge is 0.505 e. The van der Waals surface area contributed by atoms with Crippen molar-refractivity contribution in [2.24, 2.45) is 5.92 Å². The van der Waals surface area contributed by atoms with Crippen LogP contribution in [0.2, 0.25) is 0 Å². The molecule has 1 atom stereocenters. The van der Waals surface area contributed by atoms with E-state index in [9.17, 15) is 14.7 Å². The maximum Gasteiger partial charge on any atom is 0.257 e. The molecule has 1 fully saturated rings. The van der Waals surface area contributed by atoms with Crippen molar-refractivity contribution in [1.29, 1.82) is 0 Å². The smallest absolute Gasteiger partial charge is 0.257 e. The number of rotatable bonds is 2. The summed E-state index contributed by atoms with van der Waals surface area (Å²) >= 11 is 0. The lowest BCUT2D eigenvalue weighted by Crippen LogP contribution is -2.44. The van der Waals surface area contributed by atoms with Crippen molar-refractivity contribution in [3.63, 3.8) is 0 Å². The van der Waals surface area contributed by atoms with Gasteiger partial charge in [-0.2, -0.15) is 0 Å². The first-order chi connectivity index (χ1) is 9.13. The van der Waals surface area contributed by atoms with Crippen LogP contribution in [0.1, 0.15) is 23.2 Å². The van der Waals surface area contributed by atoms with Crippen LogP contribution in [-0.4, -0.2) is 46.9 Å². The minimum Gasteiger partial charge on any atom is -0.505 e. The third-order valence-electron chi connectivity index (χ3n) is 3.36. The Morgan fingerprint density at radius 3 is 3.00 bits per heavy atom. The van der Waals surface area contributed by atoms with Gasteiger partial charge in [0.15, 0.2) is 0 Å². The summed E-state index contributed by atoms with van der Waals surface area (Å²) in [6.45, 7) is 0.994. The van der Waals surface area contributed by atoms with Crippen molar-refractivity contribution in [2.75, 3.05) is 20.1 Å². The highest BCUT2D eigenvalue weighted by Gasteiger charge is 2.29. The van der Waals surface area contributed by atoms with E-state index >= 15 is 0 Å². The van der Waals surface area contributed by atoms with Crippen molar-refractivity contribution in [3.05, 3.63) is 24.0 Å². The second kappa shape index (κ2) is 5.69. The standard InChI is InChI=1S/C13H17N3O3/c1-14-12(18)9-3-2-6-16(8-9)13(19)10-4-5-15-7-11(10)17/h4-5,7,9,17H,2-3,6,8H2,1H3,(H,14,18). The number of hydrogen-bond acceptors (Lipinski definition) is 4. The van der Waals surface area contributed by atoms with Crippen molar-refractivity contribution in [1.82, 2.24) is 15.2 Å². The van der Waals surface area contributed by atoms with Gasteiger partial charge in [-0.3, -0.25) is 14.6 Å². The molecule has 19 heavy (non-hydrogen) atoms. The molecule has 0 aromatic carbocycles. The Morgan fingerprint density at radius 1 is 1.53 bits per heavy atom. The summed E-state index contributed by atoms with van der Waals surface area (Å²) in [6, 6.07) is 1.49. The molecule has 1 unspecified atom stereocenters. The number of likely N-dealkylation sites (tertiary alicyclic amines) is 1. The van der Waals surface area contributed by atoms with Crippen LogP contribution in [0.25, 0.3) is 0 Å². The summed E-state index contributed by atoms with van der Waals surface area (Å²) in [4.78, 5) is 29.3. The molecule has 6 nitrogen and oxygen atoms in total. The number of nitrogens with zero attached hydrogens (tertiary/aromatic N) is 2. The van der Waals surface area contributed by atoms with Crippen LogP contribution >= 0.6 is 0 Å². The van der Waals surface area contributed by atoms with Crippen LogP contribution < -0.4 is 5.32 Å². The lowest BCUT2D eigenvalue weighted by atomic mass is 9.96. The number of pyridine rings is 1. The van der Waals surface area contributed by atoms with Crippen LogP contribution in [-0.2, 0) is 4.79 Å². The second-order valence-corrected chi connectivity index (χ2v) is 4.60. The first kappa shape index (κ1) is 13.3. The third-order valence-corrected chi connectivity index (χ3v) is 3.36. The van der Waals surface area contributed by atoms with Gasteiger partial charge in [0.25, 0.3) is 5.91 Å². The van der Waals surface area contributed by atoms with Gasteiger partial charge in [-0.15, -0.1) is 0 Å². The van der Waals surface area contributed by atoms with Crippen LogP contribution in [0.4, 0.5) is 0 Å². The van der Waals surface area contributed by atoms with Crippen LogP contribution in [0.5, 0.6) is 5.75 Å². The Kier molecular flexibility index (Phi) is 3.99. The summed E-state index contributed by atoms with van der Waals surface area (Å²) in [7, 11) is 1.60. The molecule has 2 amide bonds. The Balaban J connectivity index is 2.11. The van der Waals surface area contributed by atoms with Gasteiger partial charge in [0, 0.05) is 26.3 Å². The lowest BCUT2D eigenvalue weighted by Gasteiger charge is -2.31. The Hall–Kier alpha value is -2.11. The summed E-state index contributed by atoms with van der Waals surface area (Å²) in [5, 5.41) is 12.3. The van der Waals surface area contributed by atoms with E-state index in [0.717, 1.165) is 12.8 Å². The van der Waals surface area contributed by atoms with Gasteiger partial charge in [0.05, 0.1) is 17.7 Å². The highest BCUT2D eigenvalue weighted by atomic mass is 16.3. The molecule has 1 aromatic rings. The first-order valence-electron chi connectivity index (χ1n) is 6.27. The molecule has 0 aliphatic carbocycles. The van der Waals surface area contributed by atoms with Gasteiger partial charge in [-0.1, -0.05) is 0 Å². The van der Waals surface area contributed by atoms with Gasteiger partial charge >= 0.3 is 0 Å². The minimum absolute atomic E-state index is 0.0450. The lowest BCUT2D eigenvalue weighted by molar-refractivity contribution is -0.125. The Bertz CT molecular complexity index is 490. The highest BCUT2D eigenvalue weighted by molar-refractivity contribution is 5.97. The minimum atomic E-state index is -0.256. The molecule has 0 saturated carbocycles. The number of aromatic nitrogens is 1. The van der Waals surface area contributed by atoms with Crippen molar-refractivity contribution >= 4 is 11.8 Å². The molecule has 0 spiro atoms. The quantitative estimate of drug-likeness (QED) is 0.808.